The molecule has 0 heterocycles. The van der Waals surface area contributed by atoms with Crippen LogP contribution in [0.2, 0.25) is 0 Å². The molecule has 0 aliphatic heterocycles. The molecule has 2 nitrogen and oxygen atoms in total. The summed E-state index contributed by atoms with van der Waals surface area (Å²) < 4.78 is 26.7. The minimum Gasteiger partial charge on any atom is -0.321 e. The summed E-state index contributed by atoms with van der Waals surface area (Å²) >= 11 is 4.13. The Morgan fingerprint density at radius 1 is 1.05 bits per heavy atom. The van der Waals surface area contributed by atoms with E-state index in [1.807, 2.05) is 0 Å². The monoisotopic (exact) mass is 279 g/mol. The topological polar surface area (TPSA) is 29.1 Å². The molecule has 0 spiro atoms. The van der Waals surface area contributed by atoms with Gasteiger partial charge in [0.25, 0.3) is 0 Å². The van der Waals surface area contributed by atoms with Crippen LogP contribution in [0.5, 0.6) is 0 Å². The number of thiol groups is 1. The van der Waals surface area contributed by atoms with Gasteiger partial charge in [-0.15, -0.1) is 12.6 Å². The Morgan fingerprint density at radius 2 is 1.63 bits per heavy atom. The summed E-state index contributed by atoms with van der Waals surface area (Å²) in [6.45, 7) is 0. The van der Waals surface area contributed by atoms with Crippen LogP contribution in [0.25, 0.3) is 0 Å². The maximum Gasteiger partial charge on any atom is 0.228 e. The summed E-state index contributed by atoms with van der Waals surface area (Å²) in [6.07, 6.45) is 0.0435. The zero-order chi connectivity index (χ0) is 13.8. The van der Waals surface area contributed by atoms with Gasteiger partial charge in [0.15, 0.2) is 0 Å². The Balaban J connectivity index is 2.07. The number of amides is 1. The van der Waals surface area contributed by atoms with Crippen molar-refractivity contribution < 1.29 is 13.6 Å². The highest BCUT2D eigenvalue weighted by atomic mass is 32.1. The quantitative estimate of drug-likeness (QED) is 0.828. The van der Waals surface area contributed by atoms with Crippen molar-refractivity contribution in [1.82, 2.24) is 0 Å². The summed E-state index contributed by atoms with van der Waals surface area (Å²) in [5.74, 6) is -2.06. The molecule has 1 amide bonds. The molecule has 0 atom stereocenters. The molecular formula is C14H11F2NOS. The second kappa shape index (κ2) is 5.84. The van der Waals surface area contributed by atoms with Gasteiger partial charge in [0.2, 0.25) is 5.91 Å². The average Bonchev–Trinajstić information content (AvgIpc) is 2.37. The van der Waals surface area contributed by atoms with Gasteiger partial charge >= 0.3 is 0 Å². The molecule has 0 aromatic heterocycles. The third kappa shape index (κ3) is 3.54. The average molecular weight is 279 g/mol. The lowest BCUT2D eigenvalue weighted by Crippen LogP contribution is -2.16. The number of carbonyl (C=O) groups is 1. The first-order valence-corrected chi connectivity index (χ1v) is 6.03. The van der Waals surface area contributed by atoms with E-state index in [4.69, 9.17) is 0 Å². The van der Waals surface area contributed by atoms with Crippen LogP contribution >= 0.6 is 12.6 Å². The van der Waals surface area contributed by atoms with Crippen LogP contribution in [0.4, 0.5) is 14.5 Å². The van der Waals surface area contributed by atoms with Crippen LogP contribution in [-0.4, -0.2) is 5.91 Å². The van der Waals surface area contributed by atoms with Crippen molar-refractivity contribution in [2.24, 2.45) is 0 Å². The fourth-order valence-corrected chi connectivity index (χ4v) is 1.75. The molecule has 0 unspecified atom stereocenters. The SMILES string of the molecule is O=C(Cc1ccc(S)cc1)Nc1c(F)cccc1F. The zero-order valence-corrected chi connectivity index (χ0v) is 10.8. The number of nitrogens with one attached hydrogen (secondary N) is 1. The van der Waals surface area contributed by atoms with Crippen LogP contribution in [0.1, 0.15) is 5.56 Å². The summed E-state index contributed by atoms with van der Waals surface area (Å²) in [4.78, 5) is 12.5. The minimum atomic E-state index is -0.793. The first kappa shape index (κ1) is 13.5. The third-order valence-corrected chi connectivity index (χ3v) is 2.83. The summed E-state index contributed by atoms with van der Waals surface area (Å²) in [5, 5.41) is 2.23. The molecular weight excluding hydrogens is 268 g/mol. The normalized spacial score (nSPS) is 10.3. The van der Waals surface area contributed by atoms with E-state index in [0.29, 0.717) is 0 Å². The first-order chi connectivity index (χ1) is 9.06. The van der Waals surface area contributed by atoms with Crippen LogP contribution in [0.15, 0.2) is 47.4 Å². The van der Waals surface area contributed by atoms with Crippen molar-refractivity contribution in [2.45, 2.75) is 11.3 Å². The van der Waals surface area contributed by atoms with E-state index in [-0.39, 0.29) is 6.42 Å². The lowest BCUT2D eigenvalue weighted by molar-refractivity contribution is -0.115. The van der Waals surface area contributed by atoms with Gasteiger partial charge in [-0.05, 0) is 29.8 Å². The molecule has 5 heteroatoms. The van der Waals surface area contributed by atoms with Crippen molar-refractivity contribution in [1.29, 1.82) is 0 Å². The highest BCUT2D eigenvalue weighted by Crippen LogP contribution is 2.18. The van der Waals surface area contributed by atoms with Gasteiger partial charge in [-0.3, -0.25) is 4.79 Å². The van der Waals surface area contributed by atoms with E-state index in [1.165, 1.54) is 6.07 Å². The number of carbonyl (C=O) groups excluding carboxylic acids is 1. The van der Waals surface area contributed by atoms with Crippen molar-refractivity contribution in [2.75, 3.05) is 5.32 Å². The molecule has 0 aliphatic rings. The maximum absolute atomic E-state index is 13.3. The lowest BCUT2D eigenvalue weighted by atomic mass is 10.1. The minimum absolute atomic E-state index is 0.0435. The van der Waals surface area contributed by atoms with Gasteiger partial charge in [-0.1, -0.05) is 18.2 Å². The zero-order valence-electron chi connectivity index (χ0n) is 9.86. The second-order valence-corrected chi connectivity index (χ2v) is 4.50. The molecule has 0 saturated heterocycles. The summed E-state index contributed by atoms with van der Waals surface area (Å²) in [7, 11) is 0. The van der Waals surface area contributed by atoms with Crippen molar-refractivity contribution in [3.05, 3.63) is 59.7 Å². The molecule has 1 N–H and O–H groups in total. The van der Waals surface area contributed by atoms with Crippen LogP contribution in [-0.2, 0) is 11.2 Å². The predicted octanol–water partition coefficient (Wildman–Crippen LogP) is 3.43. The number of hydrogen-bond donors (Lipinski definition) is 2. The molecule has 19 heavy (non-hydrogen) atoms. The fourth-order valence-electron chi connectivity index (χ4n) is 1.60. The predicted molar refractivity (Wildman–Crippen MR) is 72.4 cm³/mol. The summed E-state index contributed by atoms with van der Waals surface area (Å²) in [5.41, 5.74) is 0.324. The molecule has 98 valence electrons. The van der Waals surface area contributed by atoms with Crippen LogP contribution in [0, 0.1) is 11.6 Å². The Hall–Kier alpha value is -1.88. The van der Waals surface area contributed by atoms with E-state index in [0.717, 1.165) is 22.6 Å². The Kier molecular flexibility index (Phi) is 4.16. The first-order valence-electron chi connectivity index (χ1n) is 5.58. The summed E-state index contributed by atoms with van der Waals surface area (Å²) in [6, 6.07) is 10.4. The fraction of sp³-hybridized carbons (Fsp3) is 0.0714. The standard InChI is InChI=1S/C14H11F2NOS/c15-11-2-1-3-12(16)14(11)17-13(18)8-9-4-6-10(19)7-5-9/h1-7,19H,8H2,(H,17,18). The van der Waals surface area contributed by atoms with Crippen LogP contribution in [0.3, 0.4) is 0 Å². The van der Waals surface area contributed by atoms with E-state index < -0.39 is 23.2 Å². The molecule has 0 aliphatic carbocycles. The van der Waals surface area contributed by atoms with Gasteiger partial charge < -0.3 is 5.32 Å². The maximum atomic E-state index is 13.3. The Labute approximate surface area is 114 Å². The molecule has 0 fully saturated rings. The van der Waals surface area contributed by atoms with E-state index in [1.54, 1.807) is 24.3 Å². The van der Waals surface area contributed by atoms with Gasteiger partial charge in [0.05, 0.1) is 6.42 Å². The van der Waals surface area contributed by atoms with E-state index >= 15 is 0 Å². The Morgan fingerprint density at radius 3 is 2.21 bits per heavy atom. The number of benzene rings is 2. The van der Waals surface area contributed by atoms with E-state index in [2.05, 4.69) is 17.9 Å². The number of rotatable bonds is 3. The van der Waals surface area contributed by atoms with Crippen molar-refractivity contribution in [3.8, 4) is 0 Å². The molecule has 0 bridgehead atoms. The van der Waals surface area contributed by atoms with Crippen molar-refractivity contribution >= 4 is 24.2 Å². The van der Waals surface area contributed by atoms with Gasteiger partial charge in [0.1, 0.15) is 17.3 Å². The molecule has 0 saturated carbocycles. The highest BCUT2D eigenvalue weighted by Gasteiger charge is 2.12. The van der Waals surface area contributed by atoms with Gasteiger partial charge in [0, 0.05) is 4.90 Å². The van der Waals surface area contributed by atoms with Gasteiger partial charge in [-0.2, -0.15) is 0 Å². The molecule has 2 rings (SSSR count). The van der Waals surface area contributed by atoms with Gasteiger partial charge in [-0.25, -0.2) is 8.78 Å². The van der Waals surface area contributed by atoms with Crippen molar-refractivity contribution in [3.63, 3.8) is 0 Å². The van der Waals surface area contributed by atoms with Crippen LogP contribution < -0.4 is 5.32 Å². The third-order valence-electron chi connectivity index (χ3n) is 2.53. The smallest absolute Gasteiger partial charge is 0.228 e. The number of para-hydroxylation sites is 1. The number of halogens is 2. The lowest BCUT2D eigenvalue weighted by Gasteiger charge is -2.07. The number of hydrogen-bond acceptors (Lipinski definition) is 2. The number of anilines is 1. The molecule has 0 radical (unpaired) electrons. The largest absolute Gasteiger partial charge is 0.321 e. The highest BCUT2D eigenvalue weighted by molar-refractivity contribution is 7.80. The molecule has 2 aromatic rings. The Bertz CT molecular complexity index is 579. The van der Waals surface area contributed by atoms with E-state index in [9.17, 15) is 13.6 Å². The second-order valence-electron chi connectivity index (χ2n) is 3.99. The molecule has 2 aromatic carbocycles.